The minimum Gasteiger partial charge on any atom is -0.444 e. The van der Waals surface area contributed by atoms with Gasteiger partial charge in [-0.2, -0.15) is 0 Å². The Morgan fingerprint density at radius 2 is 1.68 bits per heavy atom. The number of aromatic nitrogens is 4. The molecule has 7 nitrogen and oxygen atoms in total. The van der Waals surface area contributed by atoms with Crippen molar-refractivity contribution in [2.45, 2.75) is 17.5 Å². The number of halogens is 2. The van der Waals surface area contributed by atoms with Crippen molar-refractivity contribution in [1.82, 2.24) is 24.6 Å². The Kier molecular flexibility index (Phi) is 7.24. The average molecular weight is 500 g/mol. The van der Waals surface area contributed by atoms with Crippen LogP contribution in [-0.4, -0.2) is 57.5 Å². The van der Waals surface area contributed by atoms with E-state index in [0.717, 1.165) is 67.2 Å². The highest BCUT2D eigenvalue weighted by atomic mass is 35.5. The van der Waals surface area contributed by atoms with Gasteiger partial charge in [0, 0.05) is 48.1 Å². The predicted octanol–water partition coefficient (Wildman–Crippen LogP) is 5.02. The first-order valence-electron chi connectivity index (χ1n) is 11.0. The van der Waals surface area contributed by atoms with E-state index in [1.807, 2.05) is 24.3 Å². The average Bonchev–Trinajstić information content (AvgIpc) is 3.50. The van der Waals surface area contributed by atoms with E-state index in [1.54, 1.807) is 30.2 Å². The van der Waals surface area contributed by atoms with E-state index in [4.69, 9.17) is 20.8 Å². The van der Waals surface area contributed by atoms with Crippen molar-refractivity contribution < 1.29 is 13.5 Å². The van der Waals surface area contributed by atoms with Crippen LogP contribution in [0.3, 0.4) is 0 Å². The van der Waals surface area contributed by atoms with Crippen LogP contribution in [-0.2, 0) is 17.0 Å². The fraction of sp³-hybridized carbons (Fsp3) is 0.292. The van der Waals surface area contributed by atoms with Gasteiger partial charge in [-0.3, -0.25) is 4.90 Å². The van der Waals surface area contributed by atoms with Crippen LogP contribution in [0.4, 0.5) is 4.39 Å². The van der Waals surface area contributed by atoms with Gasteiger partial charge in [0.1, 0.15) is 12.1 Å². The van der Waals surface area contributed by atoms with Gasteiger partial charge in [0.15, 0.2) is 11.0 Å². The summed E-state index contributed by atoms with van der Waals surface area (Å²) in [5.74, 6) is 1.57. The molecule has 0 bridgehead atoms. The zero-order chi connectivity index (χ0) is 23.3. The number of hydrogen-bond acceptors (Lipinski definition) is 7. The van der Waals surface area contributed by atoms with Crippen LogP contribution in [0.2, 0.25) is 5.02 Å². The van der Waals surface area contributed by atoms with E-state index in [0.29, 0.717) is 16.7 Å². The van der Waals surface area contributed by atoms with Crippen molar-refractivity contribution in [3.8, 4) is 22.8 Å². The van der Waals surface area contributed by atoms with Gasteiger partial charge in [0.25, 0.3) is 0 Å². The van der Waals surface area contributed by atoms with E-state index in [1.165, 1.54) is 12.1 Å². The summed E-state index contributed by atoms with van der Waals surface area (Å²) >= 11 is 7.51. The molecule has 4 aromatic rings. The summed E-state index contributed by atoms with van der Waals surface area (Å²) in [4.78, 5) is 6.96. The molecule has 176 valence electrons. The van der Waals surface area contributed by atoms with Crippen LogP contribution in [0.25, 0.3) is 22.8 Å². The lowest BCUT2D eigenvalue weighted by atomic mass is 10.2. The summed E-state index contributed by atoms with van der Waals surface area (Å²) in [6.45, 7) is 4.88. The fourth-order valence-corrected chi connectivity index (χ4v) is 4.68. The third-order valence-corrected chi connectivity index (χ3v) is 6.81. The minimum atomic E-state index is -0.278. The minimum absolute atomic E-state index is 0.278. The lowest BCUT2D eigenvalue weighted by Crippen LogP contribution is -2.38. The van der Waals surface area contributed by atoms with Crippen LogP contribution in [0.1, 0.15) is 5.69 Å². The predicted molar refractivity (Wildman–Crippen MR) is 129 cm³/mol. The Hall–Kier alpha value is -2.72. The quantitative estimate of drug-likeness (QED) is 0.315. The van der Waals surface area contributed by atoms with E-state index >= 15 is 0 Å². The highest BCUT2D eigenvalue weighted by Gasteiger charge is 2.18. The van der Waals surface area contributed by atoms with Gasteiger partial charge in [0.2, 0.25) is 5.89 Å². The van der Waals surface area contributed by atoms with Crippen molar-refractivity contribution >= 4 is 23.4 Å². The largest absolute Gasteiger partial charge is 0.444 e. The van der Waals surface area contributed by atoms with Crippen molar-refractivity contribution in [3.05, 3.63) is 71.3 Å². The Balaban J connectivity index is 1.33. The fourth-order valence-electron chi connectivity index (χ4n) is 3.71. The van der Waals surface area contributed by atoms with Gasteiger partial charge in [0.05, 0.1) is 18.9 Å². The molecule has 0 amide bonds. The van der Waals surface area contributed by atoms with Gasteiger partial charge in [-0.1, -0.05) is 23.4 Å². The molecule has 1 aliphatic heterocycles. The number of hydrogen-bond donors (Lipinski definition) is 0. The van der Waals surface area contributed by atoms with Gasteiger partial charge < -0.3 is 13.7 Å². The highest BCUT2D eigenvalue weighted by molar-refractivity contribution is 7.98. The van der Waals surface area contributed by atoms with Gasteiger partial charge in [-0.15, -0.1) is 10.2 Å². The zero-order valence-electron chi connectivity index (χ0n) is 18.4. The molecule has 0 atom stereocenters. The summed E-state index contributed by atoms with van der Waals surface area (Å²) in [5, 5.41) is 10.3. The maximum absolute atomic E-state index is 13.5. The highest BCUT2D eigenvalue weighted by Crippen LogP contribution is 2.28. The molecule has 5 rings (SSSR count). The van der Waals surface area contributed by atoms with Crippen LogP contribution >= 0.6 is 23.4 Å². The Labute approximate surface area is 205 Å². The van der Waals surface area contributed by atoms with E-state index in [2.05, 4.69) is 24.6 Å². The van der Waals surface area contributed by atoms with Crippen LogP contribution < -0.4 is 0 Å². The van der Waals surface area contributed by atoms with Crippen LogP contribution in [0, 0.1) is 5.82 Å². The molecule has 1 aliphatic rings. The molecular formula is C24H23ClFN5O2S. The molecule has 0 radical (unpaired) electrons. The number of morpholine rings is 1. The first-order chi connectivity index (χ1) is 16.7. The van der Waals surface area contributed by atoms with Crippen LogP contribution in [0.15, 0.2) is 64.4 Å². The number of nitrogens with zero attached hydrogens (tertiary/aromatic N) is 5. The van der Waals surface area contributed by atoms with Crippen molar-refractivity contribution in [1.29, 1.82) is 0 Å². The number of benzene rings is 2. The van der Waals surface area contributed by atoms with Crippen LogP contribution in [0.5, 0.6) is 0 Å². The Morgan fingerprint density at radius 3 is 2.44 bits per heavy atom. The van der Waals surface area contributed by atoms with Crippen molar-refractivity contribution in [2.75, 3.05) is 32.8 Å². The molecule has 10 heteroatoms. The molecule has 2 aromatic heterocycles. The molecule has 0 saturated carbocycles. The zero-order valence-corrected chi connectivity index (χ0v) is 19.9. The second kappa shape index (κ2) is 10.7. The molecule has 0 aliphatic carbocycles. The number of oxazole rings is 1. The molecule has 34 heavy (non-hydrogen) atoms. The van der Waals surface area contributed by atoms with Gasteiger partial charge in [-0.25, -0.2) is 9.37 Å². The molecule has 0 unspecified atom stereocenters. The summed E-state index contributed by atoms with van der Waals surface area (Å²) in [6, 6.07) is 13.7. The molecule has 2 aromatic carbocycles. The maximum Gasteiger partial charge on any atom is 0.226 e. The molecular weight excluding hydrogens is 477 g/mol. The summed E-state index contributed by atoms with van der Waals surface area (Å²) in [7, 11) is 0. The van der Waals surface area contributed by atoms with Crippen molar-refractivity contribution in [2.24, 2.45) is 0 Å². The van der Waals surface area contributed by atoms with Gasteiger partial charge in [-0.05, 0) is 48.5 Å². The van der Waals surface area contributed by atoms with E-state index in [9.17, 15) is 4.39 Å². The molecule has 0 N–H and O–H groups in total. The first kappa shape index (κ1) is 23.0. The van der Waals surface area contributed by atoms with E-state index in [-0.39, 0.29) is 5.82 Å². The first-order valence-corrected chi connectivity index (χ1v) is 12.3. The smallest absolute Gasteiger partial charge is 0.226 e. The third-order valence-electron chi connectivity index (χ3n) is 5.55. The second-order valence-corrected chi connectivity index (χ2v) is 9.24. The number of ether oxygens (including phenoxy) is 1. The SMILES string of the molecule is Fc1ccc(-c2nnc(SCc3coc(-c4ccc(Cl)cc4)n3)n2CCN2CCOCC2)cc1. The topological polar surface area (TPSA) is 69.2 Å². The Bertz CT molecular complexity index is 1220. The normalized spacial score (nSPS) is 14.5. The monoisotopic (exact) mass is 499 g/mol. The number of rotatable bonds is 8. The number of thioether (sulfide) groups is 1. The summed E-state index contributed by atoms with van der Waals surface area (Å²) in [6.07, 6.45) is 1.66. The van der Waals surface area contributed by atoms with Crippen molar-refractivity contribution in [3.63, 3.8) is 0 Å². The Morgan fingerprint density at radius 1 is 0.941 bits per heavy atom. The maximum atomic E-state index is 13.5. The molecule has 1 fully saturated rings. The molecule has 3 heterocycles. The molecule has 1 saturated heterocycles. The third kappa shape index (κ3) is 5.50. The molecule has 0 spiro atoms. The summed E-state index contributed by atoms with van der Waals surface area (Å²) in [5.41, 5.74) is 2.50. The summed E-state index contributed by atoms with van der Waals surface area (Å²) < 4.78 is 26.7. The standard InChI is InChI=1S/C24H23ClFN5O2S/c25-19-5-1-18(2-6-19)23-27-21(15-33-23)16-34-24-29-28-22(17-3-7-20(26)8-4-17)31(24)10-9-30-11-13-32-14-12-30/h1-8,15H,9-14,16H2. The lowest BCUT2D eigenvalue weighted by Gasteiger charge is -2.27. The lowest BCUT2D eigenvalue weighted by molar-refractivity contribution is 0.0361. The van der Waals surface area contributed by atoms with Gasteiger partial charge >= 0.3 is 0 Å². The van der Waals surface area contributed by atoms with E-state index < -0.39 is 0 Å². The second-order valence-electron chi connectivity index (χ2n) is 7.86.